The Morgan fingerprint density at radius 1 is 1.27 bits per heavy atom. The Hall–Kier alpha value is -1.75. The monoisotopic (exact) mass is 307 g/mol. The molecule has 5 nitrogen and oxygen atoms in total. The lowest BCUT2D eigenvalue weighted by atomic mass is 9.68. The van der Waals surface area contributed by atoms with Crippen molar-refractivity contribution < 1.29 is 19.0 Å². The number of ether oxygens (including phenoxy) is 3. The molecule has 0 radical (unpaired) electrons. The highest BCUT2D eigenvalue weighted by Gasteiger charge is 2.44. The van der Waals surface area contributed by atoms with Crippen molar-refractivity contribution in [2.45, 2.75) is 32.2 Å². The van der Waals surface area contributed by atoms with Gasteiger partial charge < -0.3 is 19.5 Å². The van der Waals surface area contributed by atoms with Gasteiger partial charge in [-0.15, -0.1) is 0 Å². The Morgan fingerprint density at radius 2 is 2.00 bits per heavy atom. The van der Waals surface area contributed by atoms with Crippen LogP contribution < -0.4 is 14.8 Å². The van der Waals surface area contributed by atoms with Gasteiger partial charge in [-0.3, -0.25) is 4.79 Å². The molecule has 1 N–H and O–H groups in total. The smallest absolute Gasteiger partial charge is 0.229 e. The van der Waals surface area contributed by atoms with E-state index >= 15 is 0 Å². The molecule has 1 aromatic carbocycles. The van der Waals surface area contributed by atoms with E-state index in [0.717, 1.165) is 30.6 Å². The Kier molecular flexibility index (Phi) is 5.29. The number of hydrogen-bond acceptors (Lipinski definition) is 4. The first-order chi connectivity index (χ1) is 10.6. The second kappa shape index (κ2) is 7.01. The average Bonchev–Trinajstić information content (AvgIpc) is 2.49. The van der Waals surface area contributed by atoms with Gasteiger partial charge in [0.05, 0.1) is 32.3 Å². The van der Waals surface area contributed by atoms with Gasteiger partial charge in [0.25, 0.3) is 0 Å². The molecule has 1 aliphatic rings. The molecule has 5 heteroatoms. The fraction of sp³-hybridized carbons (Fsp3) is 0.588. The van der Waals surface area contributed by atoms with Crippen LogP contribution in [-0.2, 0) is 9.53 Å². The van der Waals surface area contributed by atoms with Crippen molar-refractivity contribution in [1.82, 2.24) is 5.32 Å². The maximum atomic E-state index is 12.6. The number of rotatable bonds is 7. The first-order valence-corrected chi connectivity index (χ1v) is 7.58. The van der Waals surface area contributed by atoms with Crippen molar-refractivity contribution >= 4 is 5.91 Å². The molecule has 1 saturated carbocycles. The second-order valence-corrected chi connectivity index (χ2v) is 5.87. The molecule has 1 aromatic rings. The lowest BCUT2D eigenvalue weighted by Gasteiger charge is -2.40. The summed E-state index contributed by atoms with van der Waals surface area (Å²) < 4.78 is 15.8. The van der Waals surface area contributed by atoms with Crippen LogP contribution in [0.5, 0.6) is 11.5 Å². The van der Waals surface area contributed by atoms with E-state index in [-0.39, 0.29) is 17.4 Å². The average molecular weight is 307 g/mol. The van der Waals surface area contributed by atoms with Gasteiger partial charge in [-0.2, -0.15) is 0 Å². The lowest BCUT2D eigenvalue weighted by molar-refractivity contribution is -0.141. The minimum atomic E-state index is -0.358. The van der Waals surface area contributed by atoms with Gasteiger partial charge in [0.1, 0.15) is 11.5 Å². The van der Waals surface area contributed by atoms with E-state index in [0.29, 0.717) is 12.4 Å². The summed E-state index contributed by atoms with van der Waals surface area (Å²) >= 11 is 0. The molecule has 1 aliphatic carbocycles. The highest BCUT2D eigenvalue weighted by atomic mass is 16.5. The molecular weight excluding hydrogens is 282 g/mol. The summed E-state index contributed by atoms with van der Waals surface area (Å²) in [5.74, 6) is 1.50. The standard InChI is InChI=1S/C17H25NO4/c1-12(14-7-6-13(21-3)10-15(14)22-4)18-16(19)17(11-20-2)8-5-9-17/h6-7,10,12H,5,8-9,11H2,1-4H3,(H,18,19)/t12-/m0/s1. The molecule has 122 valence electrons. The molecule has 1 atom stereocenters. The first-order valence-electron chi connectivity index (χ1n) is 7.58. The molecule has 0 saturated heterocycles. The van der Waals surface area contributed by atoms with Crippen LogP contribution in [0.1, 0.15) is 37.8 Å². The molecule has 1 fully saturated rings. The van der Waals surface area contributed by atoms with E-state index in [9.17, 15) is 4.79 Å². The van der Waals surface area contributed by atoms with Crippen LogP contribution in [0.15, 0.2) is 18.2 Å². The highest BCUT2D eigenvalue weighted by Crippen LogP contribution is 2.42. The van der Waals surface area contributed by atoms with Crippen LogP contribution in [0.3, 0.4) is 0 Å². The topological polar surface area (TPSA) is 56.8 Å². The minimum absolute atomic E-state index is 0.0611. The summed E-state index contributed by atoms with van der Waals surface area (Å²) in [7, 11) is 4.87. The minimum Gasteiger partial charge on any atom is -0.497 e. The van der Waals surface area contributed by atoms with Crippen LogP contribution in [0.25, 0.3) is 0 Å². The van der Waals surface area contributed by atoms with Crippen LogP contribution in [0, 0.1) is 5.41 Å². The normalized spacial score (nSPS) is 17.3. The predicted molar refractivity (Wildman–Crippen MR) is 84.3 cm³/mol. The van der Waals surface area contributed by atoms with Crippen molar-refractivity contribution in [2.75, 3.05) is 27.9 Å². The molecule has 1 amide bonds. The van der Waals surface area contributed by atoms with Crippen LogP contribution in [0.2, 0.25) is 0 Å². The molecule has 0 aromatic heterocycles. The Labute approximate surface area is 131 Å². The van der Waals surface area contributed by atoms with Crippen LogP contribution in [0.4, 0.5) is 0 Å². The zero-order valence-corrected chi connectivity index (χ0v) is 13.8. The maximum absolute atomic E-state index is 12.6. The third-order valence-corrected chi connectivity index (χ3v) is 4.47. The third kappa shape index (κ3) is 3.19. The Morgan fingerprint density at radius 3 is 2.50 bits per heavy atom. The maximum Gasteiger partial charge on any atom is 0.229 e. The van der Waals surface area contributed by atoms with Gasteiger partial charge in [0.15, 0.2) is 0 Å². The summed E-state index contributed by atoms with van der Waals surface area (Å²) in [5, 5.41) is 3.10. The summed E-state index contributed by atoms with van der Waals surface area (Å²) in [6.07, 6.45) is 2.86. The van der Waals surface area contributed by atoms with E-state index in [2.05, 4.69) is 5.32 Å². The second-order valence-electron chi connectivity index (χ2n) is 5.87. The summed E-state index contributed by atoms with van der Waals surface area (Å²) in [6.45, 7) is 2.44. The van der Waals surface area contributed by atoms with Gasteiger partial charge >= 0.3 is 0 Å². The number of amides is 1. The molecule has 0 aliphatic heterocycles. The Balaban J connectivity index is 2.11. The highest BCUT2D eigenvalue weighted by molar-refractivity contribution is 5.84. The summed E-state index contributed by atoms with van der Waals surface area (Å²) in [6, 6.07) is 5.48. The van der Waals surface area contributed by atoms with E-state index in [1.807, 2.05) is 25.1 Å². The number of benzene rings is 1. The molecule has 22 heavy (non-hydrogen) atoms. The van der Waals surface area contributed by atoms with Gasteiger partial charge in [-0.05, 0) is 31.9 Å². The van der Waals surface area contributed by atoms with Gasteiger partial charge in [-0.25, -0.2) is 0 Å². The fourth-order valence-electron chi connectivity index (χ4n) is 2.92. The number of carbonyl (C=O) groups is 1. The number of hydrogen-bond donors (Lipinski definition) is 1. The summed E-state index contributed by atoms with van der Waals surface area (Å²) in [4.78, 5) is 12.6. The van der Waals surface area contributed by atoms with E-state index in [4.69, 9.17) is 14.2 Å². The zero-order chi connectivity index (χ0) is 16.2. The molecule has 0 spiro atoms. The van der Waals surface area contributed by atoms with Gasteiger partial charge in [-0.1, -0.05) is 6.42 Å². The largest absolute Gasteiger partial charge is 0.497 e. The SMILES string of the molecule is COCC1(C(=O)N[C@@H](C)c2ccc(OC)cc2OC)CCC1. The zero-order valence-electron chi connectivity index (χ0n) is 13.8. The Bertz CT molecular complexity index is 525. The van der Waals surface area contributed by atoms with Gasteiger partial charge in [0, 0.05) is 18.7 Å². The van der Waals surface area contributed by atoms with E-state index < -0.39 is 0 Å². The van der Waals surface area contributed by atoms with Crippen molar-refractivity contribution in [1.29, 1.82) is 0 Å². The molecular formula is C17H25NO4. The number of methoxy groups -OCH3 is 3. The van der Waals surface area contributed by atoms with E-state index in [1.165, 1.54) is 0 Å². The van der Waals surface area contributed by atoms with Gasteiger partial charge in [0.2, 0.25) is 5.91 Å². The van der Waals surface area contributed by atoms with Crippen LogP contribution in [-0.4, -0.2) is 33.8 Å². The number of carbonyl (C=O) groups excluding carboxylic acids is 1. The lowest BCUT2D eigenvalue weighted by Crippen LogP contribution is -2.49. The molecule has 2 rings (SSSR count). The predicted octanol–water partition coefficient (Wildman–Crippen LogP) is 2.70. The van der Waals surface area contributed by atoms with Crippen LogP contribution >= 0.6 is 0 Å². The first kappa shape index (κ1) is 16.6. The molecule has 0 heterocycles. The van der Waals surface area contributed by atoms with E-state index in [1.54, 1.807) is 21.3 Å². The van der Waals surface area contributed by atoms with Crippen molar-refractivity contribution in [3.05, 3.63) is 23.8 Å². The molecule has 0 bridgehead atoms. The third-order valence-electron chi connectivity index (χ3n) is 4.47. The fourth-order valence-corrected chi connectivity index (χ4v) is 2.92. The molecule has 0 unspecified atom stereocenters. The van der Waals surface area contributed by atoms with Crippen molar-refractivity contribution in [2.24, 2.45) is 5.41 Å². The van der Waals surface area contributed by atoms with Crippen molar-refractivity contribution in [3.63, 3.8) is 0 Å². The van der Waals surface area contributed by atoms with Crippen molar-refractivity contribution in [3.8, 4) is 11.5 Å². The summed E-state index contributed by atoms with van der Waals surface area (Å²) in [5.41, 5.74) is 0.575. The number of nitrogens with one attached hydrogen (secondary N) is 1. The quantitative estimate of drug-likeness (QED) is 0.841.